The van der Waals surface area contributed by atoms with Gasteiger partial charge in [0.1, 0.15) is 0 Å². The van der Waals surface area contributed by atoms with E-state index in [1.54, 1.807) is 11.1 Å². The van der Waals surface area contributed by atoms with Crippen molar-refractivity contribution in [1.82, 2.24) is 0 Å². The fraction of sp³-hybridized carbons (Fsp3) is 0.490. The van der Waals surface area contributed by atoms with Crippen LogP contribution in [-0.2, 0) is 32.7 Å². The smallest absolute Gasteiger partial charge is 0.335 e. The van der Waals surface area contributed by atoms with Gasteiger partial charge < -0.3 is 6.42 Å². The first-order valence-electron chi connectivity index (χ1n) is 18.5. The van der Waals surface area contributed by atoms with Gasteiger partial charge in [-0.3, -0.25) is 0 Å². The average Bonchev–Trinajstić information content (AvgIpc) is 3.41. The van der Waals surface area contributed by atoms with E-state index < -0.39 is 0 Å². The molecule has 0 nitrogen and oxygen atoms in total. The van der Waals surface area contributed by atoms with Gasteiger partial charge in [0.25, 0.3) is 0 Å². The van der Waals surface area contributed by atoms with Crippen LogP contribution in [0.4, 0.5) is 0 Å². The van der Waals surface area contributed by atoms with Gasteiger partial charge in [0.05, 0.1) is 0 Å². The number of rotatable bonds is 6. The summed E-state index contributed by atoms with van der Waals surface area (Å²) < 4.78 is 0. The summed E-state index contributed by atoms with van der Waals surface area (Å²) in [5.74, 6) is 3.38. The Morgan fingerprint density at radius 2 is 1.08 bits per heavy atom. The van der Waals surface area contributed by atoms with E-state index >= 15 is 0 Å². The minimum absolute atomic E-state index is 0. The molecule has 0 amide bonds. The predicted octanol–water partition coefficient (Wildman–Crippen LogP) is 16.5. The van der Waals surface area contributed by atoms with Crippen LogP contribution in [0.2, 0.25) is 0 Å². The van der Waals surface area contributed by atoms with Crippen LogP contribution in [0.5, 0.6) is 0 Å². The topological polar surface area (TPSA) is 0 Å². The molecule has 4 aromatic carbocycles. The van der Waals surface area contributed by atoms with Gasteiger partial charge in [-0.05, 0) is 57.1 Å². The van der Waals surface area contributed by atoms with Crippen molar-refractivity contribution >= 4 is 0 Å². The molecular weight excluding hydrogens is 677 g/mol. The molecule has 1 aliphatic rings. The SMILES string of the molecule is C.C.CC.CC.CC(C)c1[c-]c(-c2[c-]cccc2)ccc1C(C)C.CC(C)c1ccc2c(c1C(C)C)C(C(C)C)c1ccccc1-2.C[CH-]C.[Y+3]. The Bertz CT molecular complexity index is 1440. The Labute approximate surface area is 338 Å². The normalized spacial score (nSPS) is 11.9. The first-order valence-corrected chi connectivity index (χ1v) is 18.5. The maximum absolute atomic E-state index is 3.58. The van der Waals surface area contributed by atoms with Gasteiger partial charge in [0.15, 0.2) is 0 Å². The zero-order chi connectivity index (χ0) is 35.8. The van der Waals surface area contributed by atoms with Gasteiger partial charge >= 0.3 is 32.7 Å². The maximum atomic E-state index is 3.58. The summed E-state index contributed by atoms with van der Waals surface area (Å²) in [5, 5.41) is 0. The standard InChI is InChI=1S/C22H28.C18H20.C3H7.2C2H6.2CH4.Y/c1-13(2)16-11-12-19-17-9-7-8-10-18(17)21(15(5)6)22(19)20(16)14(3)4;1-13(2)17-11-10-16(12-18(17)14(3)4)15-8-6-5-7-9-15;1-3-2;2*1-2;;;/h7-15,21H,1-6H3;5-8,10-11,13-14H,1-4H3;3H,1-2H3;2*1-2H3;2*1H4;/q;-2;-1;;;;;+3. The molecule has 0 saturated carbocycles. The zero-order valence-corrected chi connectivity index (χ0v) is 36.4. The molecule has 0 radical (unpaired) electrons. The van der Waals surface area contributed by atoms with Gasteiger partial charge in [0.2, 0.25) is 0 Å². The molecule has 1 unspecified atom stereocenters. The van der Waals surface area contributed by atoms with Crippen molar-refractivity contribution in [3.05, 3.63) is 125 Å². The molecular formula is C49H75Y. The van der Waals surface area contributed by atoms with Gasteiger partial charge in [-0.1, -0.05) is 154 Å². The molecule has 1 atom stereocenters. The Morgan fingerprint density at radius 3 is 1.54 bits per heavy atom. The maximum Gasteiger partial charge on any atom is 3.00 e. The molecule has 274 valence electrons. The second kappa shape index (κ2) is 26.7. The molecule has 0 bridgehead atoms. The number of benzene rings is 4. The van der Waals surface area contributed by atoms with Crippen molar-refractivity contribution in [2.75, 3.05) is 0 Å². The minimum atomic E-state index is 0. The molecule has 0 saturated heterocycles. The molecule has 5 rings (SSSR count). The van der Waals surface area contributed by atoms with E-state index in [1.165, 1.54) is 33.4 Å². The largest absolute Gasteiger partial charge is 3.00 e. The number of hydrogen-bond donors (Lipinski definition) is 0. The molecule has 1 aliphatic carbocycles. The quantitative estimate of drug-likeness (QED) is 0.172. The second-order valence-corrected chi connectivity index (χ2v) is 13.6. The van der Waals surface area contributed by atoms with Crippen LogP contribution in [-0.4, -0.2) is 0 Å². The van der Waals surface area contributed by atoms with Crippen molar-refractivity contribution in [3.8, 4) is 22.3 Å². The van der Waals surface area contributed by atoms with E-state index in [0.29, 0.717) is 35.5 Å². The fourth-order valence-electron chi connectivity index (χ4n) is 6.45. The van der Waals surface area contributed by atoms with Crippen molar-refractivity contribution in [3.63, 3.8) is 0 Å². The Morgan fingerprint density at radius 1 is 0.560 bits per heavy atom. The third-order valence-electron chi connectivity index (χ3n) is 8.29. The Balaban J connectivity index is -0.000000722. The molecule has 0 spiro atoms. The van der Waals surface area contributed by atoms with Crippen LogP contribution >= 0.6 is 0 Å². The van der Waals surface area contributed by atoms with Gasteiger partial charge in [-0.25, -0.2) is 11.1 Å². The Hall–Kier alpha value is -2.02. The van der Waals surface area contributed by atoms with E-state index in [9.17, 15) is 0 Å². The van der Waals surface area contributed by atoms with Crippen LogP contribution in [0.15, 0.2) is 72.8 Å². The van der Waals surface area contributed by atoms with Crippen molar-refractivity contribution < 1.29 is 32.7 Å². The summed E-state index contributed by atoms with van der Waals surface area (Å²) in [5.41, 5.74) is 14.2. The summed E-state index contributed by atoms with van der Waals surface area (Å²) in [7, 11) is 0. The molecule has 0 aliphatic heterocycles. The van der Waals surface area contributed by atoms with E-state index in [4.69, 9.17) is 0 Å². The van der Waals surface area contributed by atoms with Crippen molar-refractivity contribution in [1.29, 1.82) is 0 Å². The molecule has 1 heteroatoms. The molecule has 50 heavy (non-hydrogen) atoms. The van der Waals surface area contributed by atoms with E-state index in [-0.39, 0.29) is 47.6 Å². The molecule has 0 N–H and O–H groups in total. The molecule has 0 aromatic heterocycles. The van der Waals surface area contributed by atoms with Crippen molar-refractivity contribution in [2.45, 2.75) is 155 Å². The van der Waals surface area contributed by atoms with Gasteiger partial charge in [-0.2, -0.15) is 56.3 Å². The molecule has 0 fully saturated rings. The Kier molecular flexibility index (Phi) is 28.0. The summed E-state index contributed by atoms with van der Waals surface area (Å²) in [4.78, 5) is 0. The van der Waals surface area contributed by atoms with Crippen LogP contribution in [0, 0.1) is 24.5 Å². The first-order chi connectivity index (χ1) is 22.4. The average molecular weight is 753 g/mol. The third kappa shape index (κ3) is 13.5. The van der Waals surface area contributed by atoms with Crippen LogP contribution in [0.3, 0.4) is 0 Å². The number of fused-ring (bicyclic) bond motifs is 3. The van der Waals surface area contributed by atoms with Crippen molar-refractivity contribution in [2.24, 2.45) is 5.92 Å². The summed E-state index contributed by atoms with van der Waals surface area (Å²) in [6.07, 6.45) is 2.00. The fourth-order valence-corrected chi connectivity index (χ4v) is 6.45. The first kappa shape index (κ1) is 52.3. The second-order valence-electron chi connectivity index (χ2n) is 13.6. The zero-order valence-electron chi connectivity index (χ0n) is 33.5. The van der Waals surface area contributed by atoms with E-state index in [0.717, 1.165) is 11.1 Å². The van der Waals surface area contributed by atoms with E-state index in [1.807, 2.05) is 66.2 Å². The van der Waals surface area contributed by atoms with Gasteiger partial charge in [-0.15, -0.1) is 17.2 Å². The van der Waals surface area contributed by atoms with Gasteiger partial charge in [0, 0.05) is 5.92 Å². The summed E-state index contributed by atoms with van der Waals surface area (Å²) in [6.45, 7) is 35.0. The molecule has 0 heterocycles. The van der Waals surface area contributed by atoms with Crippen LogP contribution < -0.4 is 0 Å². The molecule has 4 aromatic rings. The van der Waals surface area contributed by atoms with Crippen LogP contribution in [0.25, 0.3) is 22.3 Å². The number of hydrogen-bond acceptors (Lipinski definition) is 0. The van der Waals surface area contributed by atoms with Crippen LogP contribution in [0.1, 0.15) is 189 Å². The monoisotopic (exact) mass is 752 g/mol. The van der Waals surface area contributed by atoms with E-state index in [2.05, 4.69) is 136 Å². The summed E-state index contributed by atoms with van der Waals surface area (Å²) >= 11 is 0. The third-order valence-corrected chi connectivity index (χ3v) is 8.29. The predicted molar refractivity (Wildman–Crippen MR) is 226 cm³/mol. The summed E-state index contributed by atoms with van der Waals surface area (Å²) in [6, 6.07) is 33.1. The minimum Gasteiger partial charge on any atom is -0.335 e.